The summed E-state index contributed by atoms with van der Waals surface area (Å²) in [5.41, 5.74) is -0.00648. The summed E-state index contributed by atoms with van der Waals surface area (Å²) in [4.78, 5) is 10.7. The van der Waals surface area contributed by atoms with Crippen molar-refractivity contribution in [2.24, 2.45) is 0 Å². The van der Waals surface area contributed by atoms with E-state index in [-0.39, 0.29) is 21.2 Å². The second-order valence-electron chi connectivity index (χ2n) is 3.44. The number of rotatable bonds is 2. The van der Waals surface area contributed by atoms with Crippen molar-refractivity contribution in [3.05, 3.63) is 42.0 Å². The Labute approximate surface area is 97.1 Å². The molecule has 5 nitrogen and oxygen atoms in total. The van der Waals surface area contributed by atoms with Gasteiger partial charge in [0.1, 0.15) is 4.90 Å². The molecule has 2 aromatic rings. The quantitative estimate of drug-likeness (QED) is 0.795. The fourth-order valence-corrected chi connectivity index (χ4v) is 2.40. The zero-order valence-corrected chi connectivity index (χ0v) is 9.31. The zero-order chi connectivity index (χ0) is 12.6. The molecule has 0 saturated heterocycles. The van der Waals surface area contributed by atoms with Crippen LogP contribution in [0.15, 0.2) is 41.3 Å². The number of hydrogen-bond acceptors (Lipinski definition) is 3. The highest BCUT2D eigenvalue weighted by Gasteiger charge is 2.16. The molecular formula is C11H8O5S. The molecule has 0 aliphatic carbocycles. The molecule has 2 rings (SSSR count). The summed E-state index contributed by atoms with van der Waals surface area (Å²) in [5.74, 6) is -1.15. The molecule has 6 heteroatoms. The third-order valence-corrected chi connectivity index (χ3v) is 3.30. The Morgan fingerprint density at radius 3 is 2.18 bits per heavy atom. The van der Waals surface area contributed by atoms with Crippen LogP contribution in [0.4, 0.5) is 0 Å². The number of benzene rings is 2. The van der Waals surface area contributed by atoms with Crippen LogP contribution >= 0.6 is 0 Å². The molecule has 0 radical (unpaired) electrons. The molecule has 88 valence electrons. The molecule has 0 fully saturated rings. The Kier molecular flexibility index (Phi) is 2.60. The monoisotopic (exact) mass is 252 g/mol. The number of fused-ring (bicyclic) bond motifs is 1. The van der Waals surface area contributed by atoms with E-state index in [1.807, 2.05) is 0 Å². The molecule has 0 heterocycles. The summed E-state index contributed by atoms with van der Waals surface area (Å²) < 4.78 is 31.3. The van der Waals surface area contributed by atoms with Crippen molar-refractivity contribution >= 4 is 26.9 Å². The first-order chi connectivity index (χ1) is 7.91. The molecule has 0 aliphatic heterocycles. The van der Waals surface area contributed by atoms with Crippen LogP contribution in [0.2, 0.25) is 0 Å². The van der Waals surface area contributed by atoms with Gasteiger partial charge >= 0.3 is 5.97 Å². The number of carbonyl (C=O) groups is 1. The first kappa shape index (κ1) is 11.6. The largest absolute Gasteiger partial charge is 0.478 e. The van der Waals surface area contributed by atoms with Gasteiger partial charge < -0.3 is 5.11 Å². The lowest BCUT2D eigenvalue weighted by Crippen LogP contribution is -2.02. The van der Waals surface area contributed by atoms with Crippen molar-refractivity contribution in [3.8, 4) is 0 Å². The van der Waals surface area contributed by atoms with Crippen LogP contribution in [-0.4, -0.2) is 24.0 Å². The van der Waals surface area contributed by atoms with E-state index in [9.17, 15) is 13.2 Å². The van der Waals surface area contributed by atoms with E-state index in [1.54, 1.807) is 0 Å². The lowest BCUT2D eigenvalue weighted by atomic mass is 10.0. The summed E-state index contributed by atoms with van der Waals surface area (Å²) >= 11 is 0. The predicted octanol–water partition coefficient (Wildman–Crippen LogP) is 1.78. The first-order valence-electron chi connectivity index (χ1n) is 4.64. The molecule has 0 unspecified atom stereocenters. The summed E-state index contributed by atoms with van der Waals surface area (Å²) in [5, 5.41) is 9.43. The zero-order valence-electron chi connectivity index (χ0n) is 8.49. The van der Waals surface area contributed by atoms with E-state index >= 15 is 0 Å². The van der Waals surface area contributed by atoms with Gasteiger partial charge in [0.2, 0.25) is 0 Å². The van der Waals surface area contributed by atoms with Gasteiger partial charge in [0.15, 0.2) is 0 Å². The Balaban J connectivity index is 2.94. The topological polar surface area (TPSA) is 91.7 Å². The van der Waals surface area contributed by atoms with Crippen LogP contribution in [0.5, 0.6) is 0 Å². The Morgan fingerprint density at radius 2 is 1.59 bits per heavy atom. The molecule has 17 heavy (non-hydrogen) atoms. The van der Waals surface area contributed by atoms with Crippen LogP contribution < -0.4 is 0 Å². The highest BCUT2D eigenvalue weighted by atomic mass is 32.2. The molecule has 0 bridgehead atoms. The maximum absolute atomic E-state index is 11.1. The smallest absolute Gasteiger partial charge is 0.336 e. The average molecular weight is 252 g/mol. The minimum absolute atomic E-state index is 0.00648. The maximum atomic E-state index is 11.1. The van der Waals surface area contributed by atoms with Crippen molar-refractivity contribution in [2.45, 2.75) is 4.90 Å². The highest BCUT2D eigenvalue weighted by Crippen LogP contribution is 2.25. The van der Waals surface area contributed by atoms with Gasteiger partial charge in [-0.05, 0) is 17.5 Å². The predicted molar refractivity (Wildman–Crippen MR) is 60.7 cm³/mol. The summed E-state index contributed by atoms with van der Waals surface area (Å²) in [6, 6.07) is 8.36. The number of carboxylic acid groups (broad SMARTS) is 1. The van der Waals surface area contributed by atoms with Crippen LogP contribution in [-0.2, 0) is 10.1 Å². The second kappa shape index (κ2) is 3.83. The normalized spacial score (nSPS) is 11.6. The Bertz CT molecular complexity index is 703. The van der Waals surface area contributed by atoms with Crippen molar-refractivity contribution < 1.29 is 22.9 Å². The van der Waals surface area contributed by atoms with E-state index in [1.165, 1.54) is 36.4 Å². The molecule has 0 saturated carbocycles. The molecular weight excluding hydrogens is 244 g/mol. The van der Waals surface area contributed by atoms with Crippen molar-refractivity contribution in [3.63, 3.8) is 0 Å². The van der Waals surface area contributed by atoms with Gasteiger partial charge in [0, 0.05) is 5.39 Å². The standard InChI is InChI=1S/C11H8O5S/c12-11(13)9-5-1-4-8-7(9)3-2-6-10(8)17(14,15)16/h1-6H,(H,12,13)(H,14,15,16). The number of aromatic carboxylic acids is 1. The SMILES string of the molecule is O=C(O)c1cccc2c(S(=O)(=O)O)cccc12. The van der Waals surface area contributed by atoms with Gasteiger partial charge in [0.05, 0.1) is 5.56 Å². The Hall–Kier alpha value is -1.92. The number of carboxylic acids is 1. The van der Waals surface area contributed by atoms with Crippen LogP contribution in [0.3, 0.4) is 0 Å². The fraction of sp³-hybridized carbons (Fsp3) is 0. The van der Waals surface area contributed by atoms with E-state index in [4.69, 9.17) is 9.66 Å². The summed E-state index contributed by atoms with van der Waals surface area (Å²) in [6.07, 6.45) is 0. The maximum Gasteiger partial charge on any atom is 0.336 e. The molecule has 0 aromatic heterocycles. The highest BCUT2D eigenvalue weighted by molar-refractivity contribution is 7.86. The van der Waals surface area contributed by atoms with Gasteiger partial charge in [-0.25, -0.2) is 4.79 Å². The molecule has 2 N–H and O–H groups in total. The second-order valence-corrected chi connectivity index (χ2v) is 4.83. The van der Waals surface area contributed by atoms with Crippen molar-refractivity contribution in [1.82, 2.24) is 0 Å². The van der Waals surface area contributed by atoms with E-state index in [0.717, 1.165) is 0 Å². The molecule has 2 aromatic carbocycles. The van der Waals surface area contributed by atoms with Crippen molar-refractivity contribution in [1.29, 1.82) is 0 Å². The average Bonchev–Trinajstić information content (AvgIpc) is 2.26. The molecule has 0 atom stereocenters. The van der Waals surface area contributed by atoms with Gasteiger partial charge in [-0.2, -0.15) is 8.42 Å². The van der Waals surface area contributed by atoms with Gasteiger partial charge in [0.25, 0.3) is 10.1 Å². The van der Waals surface area contributed by atoms with Crippen LogP contribution in [0, 0.1) is 0 Å². The van der Waals surface area contributed by atoms with E-state index in [2.05, 4.69) is 0 Å². The van der Waals surface area contributed by atoms with Gasteiger partial charge in [-0.3, -0.25) is 4.55 Å². The van der Waals surface area contributed by atoms with Crippen LogP contribution in [0.25, 0.3) is 10.8 Å². The first-order valence-corrected chi connectivity index (χ1v) is 6.08. The van der Waals surface area contributed by atoms with E-state index in [0.29, 0.717) is 0 Å². The lowest BCUT2D eigenvalue weighted by molar-refractivity contribution is 0.0699. The number of hydrogen-bond donors (Lipinski definition) is 2. The van der Waals surface area contributed by atoms with Crippen LogP contribution in [0.1, 0.15) is 10.4 Å². The minimum Gasteiger partial charge on any atom is -0.478 e. The van der Waals surface area contributed by atoms with Crippen molar-refractivity contribution in [2.75, 3.05) is 0 Å². The fourth-order valence-electron chi connectivity index (χ4n) is 1.69. The van der Waals surface area contributed by atoms with E-state index < -0.39 is 16.1 Å². The third kappa shape index (κ3) is 2.00. The molecule has 0 spiro atoms. The van der Waals surface area contributed by atoms with Gasteiger partial charge in [-0.1, -0.05) is 24.3 Å². The van der Waals surface area contributed by atoms with Gasteiger partial charge in [-0.15, -0.1) is 0 Å². The third-order valence-electron chi connectivity index (χ3n) is 2.39. The molecule has 0 amide bonds. The summed E-state index contributed by atoms with van der Waals surface area (Å²) in [6.45, 7) is 0. The Morgan fingerprint density at radius 1 is 1.00 bits per heavy atom. The molecule has 0 aliphatic rings. The lowest BCUT2D eigenvalue weighted by Gasteiger charge is -2.05. The minimum atomic E-state index is -4.36. The summed E-state index contributed by atoms with van der Waals surface area (Å²) in [7, 11) is -4.36.